The largest absolute Gasteiger partial charge is 0.445 e. The predicted molar refractivity (Wildman–Crippen MR) is 109 cm³/mol. The molecule has 34 heavy (non-hydrogen) atoms. The molecule has 1 fully saturated rings. The summed E-state index contributed by atoms with van der Waals surface area (Å²) < 4.78 is 101. The lowest BCUT2D eigenvalue weighted by atomic mass is 9.87. The molecule has 6 nitrogen and oxygen atoms in total. The normalized spacial score (nSPS) is 18.0. The fourth-order valence-corrected chi connectivity index (χ4v) is 4.19. The third kappa shape index (κ3) is 4.21. The Morgan fingerprint density at radius 1 is 0.824 bits per heavy atom. The van der Waals surface area contributed by atoms with Crippen LogP contribution in [0.3, 0.4) is 0 Å². The Bertz CT molecular complexity index is 1140. The van der Waals surface area contributed by atoms with Crippen molar-refractivity contribution >= 4 is 17.6 Å². The molecule has 0 aromatic heterocycles. The number of ether oxygens (including phenoxy) is 1. The zero-order valence-electron chi connectivity index (χ0n) is 17.4. The van der Waals surface area contributed by atoms with Gasteiger partial charge in [0.25, 0.3) is 0 Å². The summed E-state index contributed by atoms with van der Waals surface area (Å²) in [7, 11) is 0. The van der Waals surface area contributed by atoms with Gasteiger partial charge < -0.3 is 16.2 Å². The highest BCUT2D eigenvalue weighted by Gasteiger charge is 2.43. The van der Waals surface area contributed by atoms with Gasteiger partial charge in [0.15, 0.2) is 34.8 Å². The average molecular weight is 489 g/mol. The fourth-order valence-electron chi connectivity index (χ4n) is 4.19. The number of hydrogen-bond acceptors (Lipinski definition) is 6. The van der Waals surface area contributed by atoms with E-state index in [1.807, 2.05) is 0 Å². The van der Waals surface area contributed by atoms with Crippen LogP contribution < -0.4 is 21.1 Å². The van der Waals surface area contributed by atoms with E-state index in [9.17, 15) is 30.7 Å². The van der Waals surface area contributed by atoms with E-state index in [1.54, 1.807) is 0 Å². The molecule has 0 radical (unpaired) electrons. The first-order valence-electron chi connectivity index (χ1n) is 10.1. The van der Waals surface area contributed by atoms with E-state index in [4.69, 9.17) is 16.2 Å². The maximum atomic E-state index is 14.9. The quantitative estimate of drug-likeness (QED) is 0.583. The number of nitrogens with zero attached hydrogens (tertiary/aromatic N) is 3. The van der Waals surface area contributed by atoms with Crippen molar-refractivity contribution in [3.8, 4) is 11.5 Å². The number of nitrogens with two attached hydrogens (primary N) is 2. The third-order valence-electron chi connectivity index (χ3n) is 5.62. The van der Waals surface area contributed by atoms with Gasteiger partial charge in [0, 0.05) is 12.1 Å². The average Bonchev–Trinajstić information content (AvgIpc) is 2.71. The minimum absolute atomic E-state index is 0.0390. The number of guanidine groups is 2. The molecule has 4 N–H and O–H groups in total. The Labute approximate surface area is 188 Å². The van der Waals surface area contributed by atoms with Gasteiger partial charge in [-0.05, 0) is 37.8 Å². The maximum absolute atomic E-state index is 14.9. The number of hydrogen-bond donors (Lipinski definition) is 2. The molecular formula is C21H18F7N5O. The number of rotatable bonds is 3. The van der Waals surface area contributed by atoms with E-state index in [2.05, 4.69) is 9.98 Å². The van der Waals surface area contributed by atoms with Gasteiger partial charge in [-0.2, -0.15) is 18.2 Å². The second-order valence-electron chi connectivity index (χ2n) is 7.93. The van der Waals surface area contributed by atoms with Gasteiger partial charge in [-0.1, -0.05) is 6.42 Å². The van der Waals surface area contributed by atoms with Crippen LogP contribution in [0.2, 0.25) is 0 Å². The molecule has 0 amide bonds. The van der Waals surface area contributed by atoms with Crippen LogP contribution in [0.25, 0.3) is 0 Å². The van der Waals surface area contributed by atoms with Gasteiger partial charge in [-0.3, -0.25) is 4.90 Å². The summed E-state index contributed by atoms with van der Waals surface area (Å²) in [5, 5.41) is 0. The van der Waals surface area contributed by atoms with Crippen molar-refractivity contribution in [1.29, 1.82) is 0 Å². The standard InChI is InChI=1S/C21H18F7N5O/c22-12-6-10(21(26,27)28)7-13(23)16(12)34-17-14(24)8-11(9-15(17)25)33-19(30)31-18(29)32-20(33)4-2-1-3-5-20/h6-9H,1-5H2,(H4,29,30,31,32). The molecule has 0 saturated heterocycles. The Hall–Kier alpha value is -3.51. The number of halogens is 7. The molecule has 182 valence electrons. The number of anilines is 1. The molecule has 2 aromatic rings. The van der Waals surface area contributed by atoms with Crippen LogP contribution in [0.4, 0.5) is 36.4 Å². The highest BCUT2D eigenvalue weighted by Crippen LogP contribution is 2.42. The minimum atomic E-state index is -5.03. The lowest BCUT2D eigenvalue weighted by Gasteiger charge is -2.45. The zero-order chi connectivity index (χ0) is 24.8. The topological polar surface area (TPSA) is 89.2 Å². The second-order valence-corrected chi connectivity index (χ2v) is 7.93. The van der Waals surface area contributed by atoms with Crippen LogP contribution in [0, 0.1) is 23.3 Å². The number of aliphatic imine (C=N–C) groups is 2. The molecule has 13 heteroatoms. The molecule has 2 aliphatic rings. The van der Waals surface area contributed by atoms with Crippen molar-refractivity contribution in [2.24, 2.45) is 21.5 Å². The summed E-state index contributed by atoms with van der Waals surface area (Å²) in [6.45, 7) is 0. The summed E-state index contributed by atoms with van der Waals surface area (Å²) in [6.07, 6.45) is -1.66. The van der Waals surface area contributed by atoms with Gasteiger partial charge in [-0.15, -0.1) is 0 Å². The molecule has 1 saturated carbocycles. The molecule has 1 spiro atoms. The summed E-state index contributed by atoms with van der Waals surface area (Å²) in [6, 6.07) is 1.52. The van der Waals surface area contributed by atoms with Crippen molar-refractivity contribution in [1.82, 2.24) is 0 Å². The molecule has 0 atom stereocenters. The predicted octanol–water partition coefficient (Wildman–Crippen LogP) is 5.16. The zero-order valence-corrected chi connectivity index (χ0v) is 17.4. The van der Waals surface area contributed by atoms with Gasteiger partial charge in [0.1, 0.15) is 5.66 Å². The van der Waals surface area contributed by atoms with Gasteiger partial charge in [-0.25, -0.2) is 22.6 Å². The maximum Gasteiger partial charge on any atom is 0.416 e. The van der Waals surface area contributed by atoms with Gasteiger partial charge in [0.05, 0.1) is 11.3 Å². The molecule has 0 bridgehead atoms. The van der Waals surface area contributed by atoms with Crippen molar-refractivity contribution in [3.63, 3.8) is 0 Å². The smallest absolute Gasteiger partial charge is 0.416 e. The van der Waals surface area contributed by atoms with Crippen molar-refractivity contribution in [3.05, 3.63) is 53.1 Å². The highest BCUT2D eigenvalue weighted by molar-refractivity contribution is 6.05. The van der Waals surface area contributed by atoms with E-state index < -0.39 is 52.2 Å². The SMILES string of the molecule is NC1=NC2(CCCCC2)N(c2cc(F)c(Oc3c(F)cc(C(F)(F)F)cc3F)c(F)c2)C(N)=N1. The Morgan fingerprint density at radius 3 is 1.82 bits per heavy atom. The molecule has 1 aliphatic carbocycles. The van der Waals surface area contributed by atoms with Crippen LogP contribution >= 0.6 is 0 Å². The lowest BCUT2D eigenvalue weighted by molar-refractivity contribution is -0.138. The van der Waals surface area contributed by atoms with Gasteiger partial charge in [0.2, 0.25) is 11.9 Å². The molecule has 0 unspecified atom stereocenters. The van der Waals surface area contributed by atoms with E-state index >= 15 is 0 Å². The number of alkyl halides is 3. The molecular weight excluding hydrogens is 471 g/mol. The minimum Gasteiger partial charge on any atom is -0.445 e. The number of benzene rings is 2. The van der Waals surface area contributed by atoms with Crippen LogP contribution in [-0.4, -0.2) is 17.6 Å². The van der Waals surface area contributed by atoms with Crippen LogP contribution in [-0.2, 0) is 6.18 Å². The summed E-state index contributed by atoms with van der Waals surface area (Å²) in [4.78, 5) is 9.57. The lowest BCUT2D eigenvalue weighted by Crippen LogP contribution is -2.58. The Morgan fingerprint density at radius 2 is 1.32 bits per heavy atom. The fraction of sp³-hybridized carbons (Fsp3) is 0.333. The Balaban J connectivity index is 1.72. The molecule has 4 rings (SSSR count). The van der Waals surface area contributed by atoms with Crippen molar-refractivity contribution in [2.75, 3.05) is 4.90 Å². The van der Waals surface area contributed by atoms with Crippen LogP contribution in [0.15, 0.2) is 34.3 Å². The van der Waals surface area contributed by atoms with Crippen LogP contribution in [0.1, 0.15) is 37.7 Å². The van der Waals surface area contributed by atoms with E-state index in [-0.39, 0.29) is 29.7 Å². The van der Waals surface area contributed by atoms with Crippen molar-refractivity contribution < 1.29 is 35.5 Å². The molecule has 1 aliphatic heterocycles. The molecule has 2 aromatic carbocycles. The van der Waals surface area contributed by atoms with Crippen molar-refractivity contribution in [2.45, 2.75) is 43.9 Å². The highest BCUT2D eigenvalue weighted by atomic mass is 19.4. The van der Waals surface area contributed by atoms with E-state index in [1.165, 1.54) is 4.90 Å². The summed E-state index contributed by atoms with van der Waals surface area (Å²) >= 11 is 0. The van der Waals surface area contributed by atoms with E-state index in [0.717, 1.165) is 31.4 Å². The van der Waals surface area contributed by atoms with Gasteiger partial charge >= 0.3 is 6.18 Å². The molecule has 1 heterocycles. The first-order chi connectivity index (χ1) is 15.9. The summed E-state index contributed by atoms with van der Waals surface area (Å²) in [5.74, 6) is -9.16. The monoisotopic (exact) mass is 489 g/mol. The second kappa shape index (κ2) is 8.37. The first kappa shape index (κ1) is 23.6. The third-order valence-corrected chi connectivity index (χ3v) is 5.62. The Kier molecular flexibility index (Phi) is 5.82. The van der Waals surface area contributed by atoms with E-state index in [0.29, 0.717) is 12.8 Å². The van der Waals surface area contributed by atoms with Crippen LogP contribution in [0.5, 0.6) is 11.5 Å². The first-order valence-corrected chi connectivity index (χ1v) is 10.1. The summed E-state index contributed by atoms with van der Waals surface area (Å²) in [5.41, 5.74) is 9.02.